The number of rotatable bonds is 8. The van der Waals surface area contributed by atoms with Gasteiger partial charge in [-0.15, -0.1) is 0 Å². The number of aromatic nitrogens is 2. The number of carbonyl (C=O) groups is 2. The highest BCUT2D eigenvalue weighted by Gasteiger charge is 2.25. The largest absolute Gasteiger partial charge is 0.355 e. The summed E-state index contributed by atoms with van der Waals surface area (Å²) in [5, 5.41) is 10.6. The van der Waals surface area contributed by atoms with E-state index in [-0.39, 0.29) is 18.2 Å². The molecule has 2 aliphatic heterocycles. The summed E-state index contributed by atoms with van der Waals surface area (Å²) in [4.78, 5) is 28.9. The molecule has 28 heavy (non-hydrogen) atoms. The standard InChI is InChI=1S/C20H33N5O3/c1-3-24-10-4-5-17(24)14-21-19(26)7-6-16-8-11-25(12-9-16)20(27)13-18-15(2)22-28-23-18/h16-17H,3-14H2,1-2H3,(H,21,26). The second-order valence-corrected chi connectivity index (χ2v) is 8.06. The number of nitrogens with zero attached hydrogens (tertiary/aromatic N) is 4. The summed E-state index contributed by atoms with van der Waals surface area (Å²) in [5.41, 5.74) is 1.29. The molecule has 1 unspecified atom stereocenters. The van der Waals surface area contributed by atoms with E-state index in [9.17, 15) is 9.59 Å². The number of carbonyl (C=O) groups excluding carboxylic acids is 2. The van der Waals surface area contributed by atoms with Crippen LogP contribution in [0.5, 0.6) is 0 Å². The van der Waals surface area contributed by atoms with Crippen molar-refractivity contribution in [1.29, 1.82) is 0 Å². The first-order valence-electron chi connectivity index (χ1n) is 10.6. The maximum atomic E-state index is 12.4. The minimum Gasteiger partial charge on any atom is -0.355 e. The molecule has 0 spiro atoms. The van der Waals surface area contributed by atoms with Crippen molar-refractivity contribution in [1.82, 2.24) is 25.4 Å². The first kappa shape index (κ1) is 20.8. The predicted octanol–water partition coefficient (Wildman–Crippen LogP) is 1.54. The number of hydrogen-bond acceptors (Lipinski definition) is 6. The molecule has 0 bridgehead atoms. The Kier molecular flexibility index (Phi) is 7.42. The van der Waals surface area contributed by atoms with Gasteiger partial charge in [-0.25, -0.2) is 4.63 Å². The van der Waals surface area contributed by atoms with Crippen LogP contribution in [0.2, 0.25) is 0 Å². The molecule has 1 atom stereocenters. The molecule has 3 heterocycles. The zero-order chi connectivity index (χ0) is 19.9. The second kappa shape index (κ2) is 10.0. The van der Waals surface area contributed by atoms with Gasteiger partial charge in [0.15, 0.2) is 0 Å². The lowest BCUT2D eigenvalue weighted by Crippen LogP contribution is -2.41. The van der Waals surface area contributed by atoms with Crippen molar-refractivity contribution in [3.63, 3.8) is 0 Å². The van der Waals surface area contributed by atoms with Crippen molar-refractivity contribution in [2.75, 3.05) is 32.7 Å². The smallest absolute Gasteiger partial charge is 0.228 e. The SMILES string of the molecule is CCN1CCCC1CNC(=O)CCC1CCN(C(=O)Cc2nonc2C)CC1. The molecule has 0 aliphatic carbocycles. The van der Waals surface area contributed by atoms with E-state index in [0.29, 0.717) is 29.8 Å². The van der Waals surface area contributed by atoms with Crippen molar-refractivity contribution in [2.24, 2.45) is 5.92 Å². The Bertz CT molecular complexity index is 654. The molecule has 156 valence electrons. The zero-order valence-corrected chi connectivity index (χ0v) is 17.2. The number of amides is 2. The van der Waals surface area contributed by atoms with Crippen molar-refractivity contribution in [3.05, 3.63) is 11.4 Å². The fourth-order valence-corrected chi connectivity index (χ4v) is 4.33. The summed E-state index contributed by atoms with van der Waals surface area (Å²) in [6.45, 7) is 8.47. The van der Waals surface area contributed by atoms with Gasteiger partial charge in [-0.05, 0) is 58.0 Å². The molecule has 8 heteroatoms. The predicted molar refractivity (Wildman–Crippen MR) is 105 cm³/mol. The highest BCUT2D eigenvalue weighted by Crippen LogP contribution is 2.22. The van der Waals surface area contributed by atoms with Gasteiger partial charge in [-0.1, -0.05) is 17.2 Å². The molecule has 0 saturated carbocycles. The molecule has 1 aromatic heterocycles. The van der Waals surface area contributed by atoms with E-state index in [1.54, 1.807) is 6.92 Å². The molecule has 2 fully saturated rings. The van der Waals surface area contributed by atoms with E-state index in [0.717, 1.165) is 52.0 Å². The van der Waals surface area contributed by atoms with E-state index in [2.05, 4.69) is 32.1 Å². The monoisotopic (exact) mass is 391 g/mol. The summed E-state index contributed by atoms with van der Waals surface area (Å²) < 4.78 is 4.66. The Morgan fingerprint density at radius 1 is 1.18 bits per heavy atom. The lowest BCUT2D eigenvalue weighted by molar-refractivity contribution is -0.132. The van der Waals surface area contributed by atoms with Gasteiger partial charge in [0.1, 0.15) is 11.4 Å². The van der Waals surface area contributed by atoms with Gasteiger partial charge in [0, 0.05) is 32.1 Å². The fourth-order valence-electron chi connectivity index (χ4n) is 4.33. The molecule has 2 saturated heterocycles. The van der Waals surface area contributed by atoms with E-state index >= 15 is 0 Å². The van der Waals surface area contributed by atoms with E-state index in [4.69, 9.17) is 0 Å². The average Bonchev–Trinajstić information content (AvgIpc) is 3.33. The highest BCUT2D eigenvalue weighted by molar-refractivity contribution is 5.78. The topological polar surface area (TPSA) is 91.6 Å². The number of aryl methyl sites for hydroxylation is 1. The molecular formula is C20H33N5O3. The first-order valence-corrected chi connectivity index (χ1v) is 10.6. The van der Waals surface area contributed by atoms with E-state index in [1.165, 1.54) is 12.8 Å². The first-order chi connectivity index (χ1) is 13.6. The van der Waals surface area contributed by atoms with Gasteiger partial charge in [0.25, 0.3) is 0 Å². The molecule has 1 aromatic rings. The molecule has 0 aromatic carbocycles. The third-order valence-electron chi connectivity index (χ3n) is 6.25. The number of likely N-dealkylation sites (N-methyl/N-ethyl adjacent to an activating group) is 1. The number of piperidine rings is 1. The quantitative estimate of drug-likeness (QED) is 0.723. The van der Waals surface area contributed by atoms with Crippen LogP contribution in [0.4, 0.5) is 0 Å². The van der Waals surface area contributed by atoms with Crippen LogP contribution in [-0.4, -0.2) is 70.7 Å². The van der Waals surface area contributed by atoms with Crippen LogP contribution in [0.25, 0.3) is 0 Å². The summed E-state index contributed by atoms with van der Waals surface area (Å²) in [6, 6.07) is 0.506. The maximum Gasteiger partial charge on any atom is 0.228 e. The Balaban J connectivity index is 1.31. The third-order valence-corrected chi connectivity index (χ3v) is 6.25. The normalized spacial score (nSPS) is 21.2. The van der Waals surface area contributed by atoms with E-state index in [1.807, 2.05) is 4.90 Å². The van der Waals surface area contributed by atoms with Crippen LogP contribution >= 0.6 is 0 Å². The molecule has 2 aliphatic rings. The summed E-state index contributed by atoms with van der Waals surface area (Å²) in [7, 11) is 0. The Morgan fingerprint density at radius 3 is 2.64 bits per heavy atom. The molecule has 0 radical (unpaired) electrons. The minimum atomic E-state index is 0.0760. The number of hydrogen-bond donors (Lipinski definition) is 1. The Morgan fingerprint density at radius 2 is 1.96 bits per heavy atom. The Labute approximate surface area is 167 Å². The molecule has 3 rings (SSSR count). The highest BCUT2D eigenvalue weighted by atomic mass is 16.6. The summed E-state index contributed by atoms with van der Waals surface area (Å²) >= 11 is 0. The summed E-state index contributed by atoms with van der Waals surface area (Å²) in [5.74, 6) is 0.756. The van der Waals surface area contributed by atoms with Crippen molar-refractivity contribution in [3.8, 4) is 0 Å². The van der Waals surface area contributed by atoms with Crippen LogP contribution in [0.15, 0.2) is 4.63 Å². The van der Waals surface area contributed by atoms with Crippen LogP contribution in [0.3, 0.4) is 0 Å². The van der Waals surface area contributed by atoms with Crippen molar-refractivity contribution < 1.29 is 14.2 Å². The van der Waals surface area contributed by atoms with Crippen molar-refractivity contribution in [2.45, 2.75) is 64.8 Å². The zero-order valence-electron chi connectivity index (χ0n) is 17.2. The average molecular weight is 392 g/mol. The molecule has 8 nitrogen and oxygen atoms in total. The molecular weight excluding hydrogens is 358 g/mol. The molecule has 2 amide bonds. The van der Waals surface area contributed by atoms with Crippen LogP contribution in [-0.2, 0) is 16.0 Å². The fraction of sp³-hybridized carbons (Fsp3) is 0.800. The third kappa shape index (κ3) is 5.53. The Hall–Kier alpha value is -1.96. The maximum absolute atomic E-state index is 12.4. The van der Waals surface area contributed by atoms with Gasteiger partial charge in [-0.3, -0.25) is 14.5 Å². The van der Waals surface area contributed by atoms with Gasteiger partial charge in [0.2, 0.25) is 11.8 Å². The van der Waals surface area contributed by atoms with Crippen LogP contribution in [0, 0.1) is 12.8 Å². The van der Waals surface area contributed by atoms with Gasteiger partial charge >= 0.3 is 0 Å². The van der Waals surface area contributed by atoms with Crippen LogP contribution in [0.1, 0.15) is 56.8 Å². The second-order valence-electron chi connectivity index (χ2n) is 8.06. The van der Waals surface area contributed by atoms with Crippen LogP contribution < -0.4 is 5.32 Å². The lowest BCUT2D eigenvalue weighted by atomic mass is 9.92. The van der Waals surface area contributed by atoms with Gasteiger partial charge < -0.3 is 10.2 Å². The molecule has 1 N–H and O–H groups in total. The number of nitrogens with one attached hydrogen (secondary N) is 1. The van der Waals surface area contributed by atoms with Gasteiger partial charge in [0.05, 0.1) is 6.42 Å². The lowest BCUT2D eigenvalue weighted by Gasteiger charge is -2.32. The van der Waals surface area contributed by atoms with E-state index < -0.39 is 0 Å². The summed E-state index contributed by atoms with van der Waals surface area (Å²) in [6.07, 6.45) is 6.08. The minimum absolute atomic E-state index is 0.0760. The van der Waals surface area contributed by atoms with Crippen molar-refractivity contribution >= 4 is 11.8 Å². The van der Waals surface area contributed by atoms with Gasteiger partial charge in [-0.2, -0.15) is 0 Å². The number of likely N-dealkylation sites (tertiary alicyclic amines) is 2.